The highest BCUT2D eigenvalue weighted by Crippen LogP contribution is 2.24. The number of aryl methyl sites for hydroxylation is 2. The molecule has 0 fully saturated rings. The number of benzene rings is 2. The van der Waals surface area contributed by atoms with Crippen LogP contribution >= 0.6 is 0 Å². The molecule has 2 rings (SSSR count). The van der Waals surface area contributed by atoms with Crippen molar-refractivity contribution >= 4 is 0 Å². The van der Waals surface area contributed by atoms with Crippen LogP contribution in [0.4, 0.5) is 4.39 Å². The van der Waals surface area contributed by atoms with E-state index in [1.54, 1.807) is 6.07 Å². The number of hydrogen-bond acceptors (Lipinski definition) is 1. The molecule has 0 aromatic heterocycles. The van der Waals surface area contributed by atoms with Gasteiger partial charge >= 0.3 is 0 Å². The average molecular weight is 271 g/mol. The van der Waals surface area contributed by atoms with Gasteiger partial charge in [-0.25, -0.2) is 4.39 Å². The SMILES string of the molecule is Cc1ccc(-c2ccc(F)c(CNC(C)C)c2)cc1C. The van der Waals surface area contributed by atoms with Crippen LogP contribution in [0.5, 0.6) is 0 Å². The van der Waals surface area contributed by atoms with Gasteiger partial charge in [0.25, 0.3) is 0 Å². The maximum atomic E-state index is 13.8. The zero-order chi connectivity index (χ0) is 14.7. The van der Waals surface area contributed by atoms with E-state index in [1.165, 1.54) is 11.1 Å². The van der Waals surface area contributed by atoms with Gasteiger partial charge in [-0.3, -0.25) is 0 Å². The molecule has 0 aliphatic heterocycles. The van der Waals surface area contributed by atoms with E-state index in [1.807, 2.05) is 12.1 Å². The highest BCUT2D eigenvalue weighted by atomic mass is 19.1. The molecule has 0 unspecified atom stereocenters. The fourth-order valence-electron chi connectivity index (χ4n) is 2.12. The molecule has 0 aliphatic carbocycles. The first kappa shape index (κ1) is 14.7. The highest BCUT2D eigenvalue weighted by molar-refractivity contribution is 5.65. The lowest BCUT2D eigenvalue weighted by Gasteiger charge is -2.11. The largest absolute Gasteiger partial charge is 0.310 e. The van der Waals surface area contributed by atoms with Gasteiger partial charge in [-0.1, -0.05) is 38.1 Å². The van der Waals surface area contributed by atoms with Crippen LogP contribution in [0.15, 0.2) is 36.4 Å². The smallest absolute Gasteiger partial charge is 0.127 e. The van der Waals surface area contributed by atoms with Crippen LogP contribution in [-0.2, 0) is 6.54 Å². The predicted octanol–water partition coefficient (Wildman–Crippen LogP) is 4.61. The molecule has 0 bridgehead atoms. The van der Waals surface area contributed by atoms with Crippen LogP contribution in [-0.4, -0.2) is 6.04 Å². The molecule has 2 aromatic carbocycles. The monoisotopic (exact) mass is 271 g/mol. The van der Waals surface area contributed by atoms with Gasteiger partial charge in [-0.15, -0.1) is 0 Å². The summed E-state index contributed by atoms with van der Waals surface area (Å²) in [6, 6.07) is 12.0. The van der Waals surface area contributed by atoms with Crippen molar-refractivity contribution in [1.29, 1.82) is 0 Å². The maximum absolute atomic E-state index is 13.8. The Kier molecular flexibility index (Phi) is 4.56. The number of hydrogen-bond donors (Lipinski definition) is 1. The van der Waals surface area contributed by atoms with E-state index in [2.05, 4.69) is 51.2 Å². The van der Waals surface area contributed by atoms with Crippen molar-refractivity contribution in [3.05, 3.63) is 58.9 Å². The lowest BCUT2D eigenvalue weighted by molar-refractivity contribution is 0.553. The van der Waals surface area contributed by atoms with Crippen LogP contribution in [0.3, 0.4) is 0 Å². The van der Waals surface area contributed by atoms with Gasteiger partial charge in [0.2, 0.25) is 0 Å². The van der Waals surface area contributed by atoms with Gasteiger partial charge in [0.1, 0.15) is 5.82 Å². The minimum Gasteiger partial charge on any atom is -0.310 e. The van der Waals surface area contributed by atoms with Crippen molar-refractivity contribution in [3.8, 4) is 11.1 Å². The van der Waals surface area contributed by atoms with E-state index in [0.717, 1.165) is 16.7 Å². The molecule has 0 heterocycles. The Labute approximate surface area is 120 Å². The molecule has 0 atom stereocenters. The summed E-state index contributed by atoms with van der Waals surface area (Å²) in [6.45, 7) is 8.88. The van der Waals surface area contributed by atoms with Crippen molar-refractivity contribution in [3.63, 3.8) is 0 Å². The van der Waals surface area contributed by atoms with Gasteiger partial charge in [-0.2, -0.15) is 0 Å². The molecule has 0 saturated carbocycles. The first-order chi connectivity index (χ1) is 9.47. The third-order valence-corrected chi connectivity index (χ3v) is 3.59. The molecule has 2 heteroatoms. The lowest BCUT2D eigenvalue weighted by Crippen LogP contribution is -2.22. The lowest BCUT2D eigenvalue weighted by atomic mass is 9.99. The minimum atomic E-state index is -0.147. The quantitative estimate of drug-likeness (QED) is 0.856. The molecule has 0 saturated heterocycles. The van der Waals surface area contributed by atoms with Gasteiger partial charge < -0.3 is 5.32 Å². The van der Waals surface area contributed by atoms with E-state index in [4.69, 9.17) is 0 Å². The first-order valence-corrected chi connectivity index (χ1v) is 7.07. The van der Waals surface area contributed by atoms with Crippen LogP contribution < -0.4 is 5.32 Å². The predicted molar refractivity (Wildman–Crippen MR) is 83.3 cm³/mol. The molecule has 1 N–H and O–H groups in total. The number of nitrogens with one attached hydrogen (secondary N) is 1. The highest BCUT2D eigenvalue weighted by Gasteiger charge is 2.06. The molecular weight excluding hydrogens is 249 g/mol. The van der Waals surface area contributed by atoms with Gasteiger partial charge in [0.15, 0.2) is 0 Å². The van der Waals surface area contributed by atoms with Gasteiger partial charge in [0, 0.05) is 18.2 Å². The number of rotatable bonds is 4. The molecule has 0 amide bonds. The molecule has 0 spiro atoms. The van der Waals surface area contributed by atoms with Crippen LogP contribution in [0.25, 0.3) is 11.1 Å². The summed E-state index contributed by atoms with van der Waals surface area (Å²) < 4.78 is 13.8. The summed E-state index contributed by atoms with van der Waals surface area (Å²) in [5, 5.41) is 3.26. The molecule has 0 aliphatic rings. The second-order valence-electron chi connectivity index (χ2n) is 5.64. The van der Waals surface area contributed by atoms with Crippen LogP contribution in [0.2, 0.25) is 0 Å². The van der Waals surface area contributed by atoms with Gasteiger partial charge in [0.05, 0.1) is 0 Å². The van der Waals surface area contributed by atoms with Crippen molar-refractivity contribution in [2.45, 2.75) is 40.3 Å². The summed E-state index contributed by atoms with van der Waals surface area (Å²) in [4.78, 5) is 0. The molecular formula is C18H22FN. The Hall–Kier alpha value is -1.67. The van der Waals surface area contributed by atoms with E-state index in [-0.39, 0.29) is 5.82 Å². The van der Waals surface area contributed by atoms with E-state index in [0.29, 0.717) is 12.6 Å². The first-order valence-electron chi connectivity index (χ1n) is 7.07. The maximum Gasteiger partial charge on any atom is 0.127 e. The third-order valence-electron chi connectivity index (χ3n) is 3.59. The summed E-state index contributed by atoms with van der Waals surface area (Å²) in [5.41, 5.74) is 5.45. The Morgan fingerprint density at radius 2 is 1.60 bits per heavy atom. The zero-order valence-electron chi connectivity index (χ0n) is 12.6. The second-order valence-corrected chi connectivity index (χ2v) is 5.64. The number of halogens is 1. The molecule has 0 radical (unpaired) electrons. The molecule has 20 heavy (non-hydrogen) atoms. The van der Waals surface area contributed by atoms with Crippen molar-refractivity contribution in [2.24, 2.45) is 0 Å². The fourth-order valence-corrected chi connectivity index (χ4v) is 2.12. The summed E-state index contributed by atoms with van der Waals surface area (Å²) >= 11 is 0. The summed E-state index contributed by atoms with van der Waals surface area (Å²) in [6.07, 6.45) is 0. The minimum absolute atomic E-state index is 0.147. The Morgan fingerprint density at radius 3 is 2.25 bits per heavy atom. The van der Waals surface area contributed by atoms with E-state index >= 15 is 0 Å². The molecule has 1 nitrogen and oxygen atoms in total. The molecule has 106 valence electrons. The topological polar surface area (TPSA) is 12.0 Å². The van der Waals surface area contributed by atoms with Crippen molar-refractivity contribution in [2.75, 3.05) is 0 Å². The van der Waals surface area contributed by atoms with Crippen molar-refractivity contribution in [1.82, 2.24) is 5.32 Å². The van der Waals surface area contributed by atoms with E-state index < -0.39 is 0 Å². The summed E-state index contributed by atoms with van der Waals surface area (Å²) in [7, 11) is 0. The Balaban J connectivity index is 2.32. The zero-order valence-corrected chi connectivity index (χ0v) is 12.6. The van der Waals surface area contributed by atoms with Gasteiger partial charge in [-0.05, 0) is 48.2 Å². The standard InChI is InChI=1S/C18H22FN/c1-12(2)20-11-17-10-16(7-8-18(17)19)15-6-5-13(3)14(4)9-15/h5-10,12,20H,11H2,1-4H3. The fraction of sp³-hybridized carbons (Fsp3) is 0.333. The van der Waals surface area contributed by atoms with E-state index in [9.17, 15) is 4.39 Å². The van der Waals surface area contributed by atoms with Crippen LogP contribution in [0.1, 0.15) is 30.5 Å². The van der Waals surface area contributed by atoms with Crippen LogP contribution in [0, 0.1) is 19.7 Å². The second kappa shape index (κ2) is 6.19. The average Bonchev–Trinajstić information content (AvgIpc) is 2.41. The third kappa shape index (κ3) is 3.45. The normalized spacial score (nSPS) is 11.1. The summed E-state index contributed by atoms with van der Waals surface area (Å²) in [5.74, 6) is -0.147. The molecule has 2 aromatic rings. The Bertz CT molecular complexity index is 602. The van der Waals surface area contributed by atoms with Crippen molar-refractivity contribution < 1.29 is 4.39 Å². The Morgan fingerprint density at radius 1 is 0.950 bits per heavy atom.